The summed E-state index contributed by atoms with van der Waals surface area (Å²) >= 11 is 19.0. The molecule has 0 saturated carbocycles. The molecule has 1 N–H and O–H groups in total. The van der Waals surface area contributed by atoms with Crippen molar-refractivity contribution in [2.75, 3.05) is 17.4 Å². The molecule has 0 aliphatic heterocycles. The van der Waals surface area contributed by atoms with Crippen LogP contribution in [0.3, 0.4) is 0 Å². The van der Waals surface area contributed by atoms with E-state index in [9.17, 15) is 18.0 Å². The summed E-state index contributed by atoms with van der Waals surface area (Å²) in [6.07, 6.45) is 0.895. The Bertz CT molecular complexity index is 1790. The Hall–Kier alpha value is -3.56. The fraction of sp³-hybridized carbons (Fsp3) is 0.257. The minimum atomic E-state index is -4.25. The third-order valence-electron chi connectivity index (χ3n) is 7.49. The molecule has 0 fully saturated rings. The molecule has 0 spiro atoms. The van der Waals surface area contributed by atoms with Crippen molar-refractivity contribution in [1.82, 2.24) is 10.2 Å². The Kier molecular flexibility index (Phi) is 12.1. The Labute approximate surface area is 286 Å². The third kappa shape index (κ3) is 8.82. The van der Waals surface area contributed by atoms with Crippen LogP contribution < -0.4 is 9.62 Å². The van der Waals surface area contributed by atoms with E-state index >= 15 is 0 Å². The minimum Gasteiger partial charge on any atom is -0.354 e. The third-order valence-corrected chi connectivity index (χ3v) is 10.4. The second-order valence-electron chi connectivity index (χ2n) is 11.0. The van der Waals surface area contributed by atoms with Crippen molar-refractivity contribution >= 4 is 62.3 Å². The smallest absolute Gasteiger partial charge is 0.264 e. The first-order valence-corrected chi connectivity index (χ1v) is 17.4. The molecule has 0 aromatic heterocycles. The number of rotatable bonds is 13. The normalized spacial score (nSPS) is 12.0. The van der Waals surface area contributed by atoms with Gasteiger partial charge in [0.05, 0.1) is 20.6 Å². The monoisotopic (exact) mass is 699 g/mol. The summed E-state index contributed by atoms with van der Waals surface area (Å²) < 4.78 is 29.4. The molecule has 4 aromatic carbocycles. The maximum atomic E-state index is 14.5. The van der Waals surface area contributed by atoms with Crippen molar-refractivity contribution in [3.63, 3.8) is 0 Å². The summed E-state index contributed by atoms with van der Waals surface area (Å²) in [5.74, 6) is -0.948. The van der Waals surface area contributed by atoms with Crippen LogP contribution in [-0.2, 0) is 32.6 Å². The van der Waals surface area contributed by atoms with Gasteiger partial charge in [-0.1, -0.05) is 102 Å². The van der Waals surface area contributed by atoms with Gasteiger partial charge in [0, 0.05) is 24.5 Å². The van der Waals surface area contributed by atoms with E-state index in [1.165, 1.54) is 23.1 Å². The fourth-order valence-corrected chi connectivity index (χ4v) is 6.76. The average Bonchev–Trinajstić information content (AvgIpc) is 3.04. The lowest BCUT2D eigenvalue weighted by Gasteiger charge is -2.34. The van der Waals surface area contributed by atoms with Gasteiger partial charge < -0.3 is 10.2 Å². The van der Waals surface area contributed by atoms with Crippen LogP contribution in [0.15, 0.2) is 95.9 Å². The van der Waals surface area contributed by atoms with Gasteiger partial charge in [-0.25, -0.2) is 8.42 Å². The quantitative estimate of drug-likeness (QED) is 0.156. The van der Waals surface area contributed by atoms with Gasteiger partial charge in [-0.15, -0.1) is 0 Å². The fourth-order valence-electron chi connectivity index (χ4n) is 4.86. The first-order valence-electron chi connectivity index (χ1n) is 14.8. The first-order chi connectivity index (χ1) is 21.9. The van der Waals surface area contributed by atoms with Crippen LogP contribution in [0.4, 0.5) is 5.69 Å². The highest BCUT2D eigenvalue weighted by molar-refractivity contribution is 7.92. The van der Waals surface area contributed by atoms with E-state index in [0.717, 1.165) is 21.0 Å². The molecule has 7 nitrogen and oxygen atoms in total. The molecular formula is C35H36Cl3N3O4S. The molecule has 0 bridgehead atoms. The zero-order valence-electron chi connectivity index (χ0n) is 25.8. The summed E-state index contributed by atoms with van der Waals surface area (Å²) in [5, 5.41) is 3.91. The van der Waals surface area contributed by atoms with Gasteiger partial charge in [0.15, 0.2) is 0 Å². The Morgan fingerprint density at radius 2 is 1.50 bits per heavy atom. The molecule has 4 rings (SSSR count). The highest BCUT2D eigenvalue weighted by Crippen LogP contribution is 2.30. The molecule has 0 heterocycles. The number of benzene rings is 4. The van der Waals surface area contributed by atoms with E-state index in [2.05, 4.69) is 5.32 Å². The molecule has 242 valence electrons. The van der Waals surface area contributed by atoms with E-state index in [0.29, 0.717) is 33.6 Å². The van der Waals surface area contributed by atoms with Crippen LogP contribution >= 0.6 is 34.8 Å². The molecule has 11 heteroatoms. The molecule has 0 aliphatic carbocycles. The molecule has 0 unspecified atom stereocenters. The summed E-state index contributed by atoms with van der Waals surface area (Å²) in [4.78, 5) is 29.7. The average molecular weight is 701 g/mol. The number of sulfonamides is 1. The van der Waals surface area contributed by atoms with Crippen LogP contribution in [-0.4, -0.2) is 44.3 Å². The molecule has 0 saturated heterocycles. The van der Waals surface area contributed by atoms with Gasteiger partial charge in [0.25, 0.3) is 10.0 Å². The summed E-state index contributed by atoms with van der Waals surface area (Å²) in [5.41, 5.74) is 3.31. The summed E-state index contributed by atoms with van der Waals surface area (Å²) in [7, 11) is -4.25. The number of halogens is 3. The minimum absolute atomic E-state index is 0.0140. The van der Waals surface area contributed by atoms with Crippen LogP contribution in [0.2, 0.25) is 15.1 Å². The summed E-state index contributed by atoms with van der Waals surface area (Å²) in [6.45, 7) is 5.39. The van der Waals surface area contributed by atoms with Gasteiger partial charge in [-0.05, 0) is 73.4 Å². The largest absolute Gasteiger partial charge is 0.354 e. The van der Waals surface area contributed by atoms with E-state index in [1.54, 1.807) is 49.4 Å². The topological polar surface area (TPSA) is 86.8 Å². The van der Waals surface area contributed by atoms with Crippen LogP contribution in [0.25, 0.3) is 0 Å². The van der Waals surface area contributed by atoms with Gasteiger partial charge in [0.1, 0.15) is 12.6 Å². The maximum Gasteiger partial charge on any atom is 0.264 e. The van der Waals surface area contributed by atoms with Crippen LogP contribution in [0.1, 0.15) is 35.6 Å². The number of nitrogens with one attached hydrogen (secondary N) is 1. The summed E-state index contributed by atoms with van der Waals surface area (Å²) in [6, 6.07) is 24.6. The van der Waals surface area contributed by atoms with Gasteiger partial charge in [-0.2, -0.15) is 0 Å². The molecule has 2 amide bonds. The standard InChI is InChI=1S/C35H36Cl3N3O4S/c1-4-18-39-35(43)33(20-26-8-6-5-7-9-26)40(22-27-13-17-30(36)32(38)19-27)34(42)23-41(28-14-12-25(3)31(37)21-28)46(44,45)29-15-10-24(2)11-16-29/h5-17,19,21,33H,4,18,20,22-23H2,1-3H3,(H,39,43)/t33-/m1/s1. The number of nitrogens with zero attached hydrogens (tertiary/aromatic N) is 2. The van der Waals surface area contributed by atoms with E-state index < -0.39 is 28.5 Å². The highest BCUT2D eigenvalue weighted by atomic mass is 35.5. The van der Waals surface area contributed by atoms with Crippen molar-refractivity contribution in [1.29, 1.82) is 0 Å². The van der Waals surface area contributed by atoms with E-state index in [4.69, 9.17) is 34.8 Å². The lowest BCUT2D eigenvalue weighted by atomic mass is 10.0. The first kappa shape index (κ1) is 35.3. The van der Waals surface area contributed by atoms with Gasteiger partial charge in [0.2, 0.25) is 11.8 Å². The maximum absolute atomic E-state index is 14.5. The highest BCUT2D eigenvalue weighted by Gasteiger charge is 2.34. The molecule has 0 radical (unpaired) electrons. The number of aryl methyl sites for hydroxylation is 2. The predicted octanol–water partition coefficient (Wildman–Crippen LogP) is 7.63. The number of carbonyl (C=O) groups excluding carboxylic acids is 2. The van der Waals surface area contributed by atoms with E-state index in [-0.39, 0.29) is 29.5 Å². The van der Waals surface area contributed by atoms with Crippen molar-refractivity contribution in [3.05, 3.63) is 128 Å². The van der Waals surface area contributed by atoms with Crippen LogP contribution in [0.5, 0.6) is 0 Å². The number of anilines is 1. The SMILES string of the molecule is CCCNC(=O)[C@@H](Cc1ccccc1)N(Cc1ccc(Cl)c(Cl)c1)C(=O)CN(c1ccc(C)c(Cl)c1)S(=O)(=O)c1ccc(C)cc1. The van der Waals surface area contributed by atoms with Gasteiger partial charge in [-0.3, -0.25) is 13.9 Å². The van der Waals surface area contributed by atoms with E-state index in [1.807, 2.05) is 44.2 Å². The Morgan fingerprint density at radius 3 is 2.13 bits per heavy atom. The number of carbonyl (C=O) groups is 2. The number of amides is 2. The number of hydrogen-bond donors (Lipinski definition) is 1. The zero-order valence-corrected chi connectivity index (χ0v) is 28.9. The molecule has 0 aliphatic rings. The molecule has 4 aromatic rings. The van der Waals surface area contributed by atoms with Crippen molar-refractivity contribution in [3.8, 4) is 0 Å². The number of hydrogen-bond acceptors (Lipinski definition) is 4. The second-order valence-corrected chi connectivity index (χ2v) is 14.1. The van der Waals surface area contributed by atoms with Gasteiger partial charge >= 0.3 is 0 Å². The molecule has 46 heavy (non-hydrogen) atoms. The Balaban J connectivity index is 1.82. The molecular weight excluding hydrogens is 665 g/mol. The lowest BCUT2D eigenvalue weighted by Crippen LogP contribution is -2.53. The van der Waals surface area contributed by atoms with Crippen LogP contribution in [0, 0.1) is 13.8 Å². The van der Waals surface area contributed by atoms with Crippen molar-refractivity contribution in [2.24, 2.45) is 0 Å². The zero-order chi connectivity index (χ0) is 33.4. The van der Waals surface area contributed by atoms with Crippen molar-refractivity contribution in [2.45, 2.75) is 51.1 Å². The molecule has 1 atom stereocenters. The lowest BCUT2D eigenvalue weighted by molar-refractivity contribution is -0.140. The van der Waals surface area contributed by atoms with Crippen molar-refractivity contribution < 1.29 is 18.0 Å². The predicted molar refractivity (Wildman–Crippen MR) is 186 cm³/mol. The Morgan fingerprint density at radius 1 is 0.804 bits per heavy atom. The second kappa shape index (κ2) is 15.8.